The van der Waals surface area contributed by atoms with E-state index in [0.29, 0.717) is 12.5 Å². The molecule has 21 heavy (non-hydrogen) atoms. The maximum absolute atomic E-state index is 6.10. The average Bonchev–Trinajstić information content (AvgIpc) is 3.03. The Morgan fingerprint density at radius 2 is 2.00 bits per heavy atom. The molecule has 0 aromatic heterocycles. The summed E-state index contributed by atoms with van der Waals surface area (Å²) in [6.07, 6.45) is 5.25. The summed E-state index contributed by atoms with van der Waals surface area (Å²) in [5, 5.41) is 3.36. The van der Waals surface area contributed by atoms with E-state index in [-0.39, 0.29) is 0 Å². The van der Waals surface area contributed by atoms with Crippen LogP contribution in [-0.2, 0) is 11.3 Å². The first kappa shape index (κ1) is 16.1. The van der Waals surface area contributed by atoms with Gasteiger partial charge in [-0.15, -0.1) is 0 Å². The minimum Gasteiger partial charge on any atom is -0.493 e. The minimum atomic E-state index is 0.698. The maximum Gasteiger partial charge on any atom is 0.165 e. The first-order chi connectivity index (χ1) is 10.3. The van der Waals surface area contributed by atoms with Gasteiger partial charge in [0, 0.05) is 25.8 Å². The molecular formula is C17H27NO3. The summed E-state index contributed by atoms with van der Waals surface area (Å²) in [6.45, 7) is 3.10. The third kappa shape index (κ3) is 4.90. The van der Waals surface area contributed by atoms with E-state index in [1.54, 1.807) is 14.2 Å². The van der Waals surface area contributed by atoms with Crippen LogP contribution in [0.15, 0.2) is 18.2 Å². The van der Waals surface area contributed by atoms with Gasteiger partial charge < -0.3 is 19.5 Å². The van der Waals surface area contributed by atoms with Crippen LogP contribution in [0.5, 0.6) is 11.5 Å². The molecular weight excluding hydrogens is 266 g/mol. The second-order valence-electron chi connectivity index (χ2n) is 5.58. The molecule has 1 fully saturated rings. The summed E-state index contributed by atoms with van der Waals surface area (Å²) < 4.78 is 16.6. The quantitative estimate of drug-likeness (QED) is 0.711. The SMILES string of the molecule is COCCNCc1cccc(OC)c1OCC1CCCC1. The summed E-state index contributed by atoms with van der Waals surface area (Å²) in [4.78, 5) is 0. The summed E-state index contributed by atoms with van der Waals surface area (Å²) in [7, 11) is 3.41. The van der Waals surface area contributed by atoms with Gasteiger partial charge in [-0.3, -0.25) is 0 Å². The second-order valence-corrected chi connectivity index (χ2v) is 5.58. The molecule has 4 nitrogen and oxygen atoms in total. The minimum absolute atomic E-state index is 0.698. The van der Waals surface area contributed by atoms with Crippen LogP contribution in [0.3, 0.4) is 0 Å². The van der Waals surface area contributed by atoms with Gasteiger partial charge in [0.2, 0.25) is 0 Å². The Kier molecular flexibility index (Phi) is 6.83. The van der Waals surface area contributed by atoms with Gasteiger partial charge in [-0.05, 0) is 24.8 Å². The Hall–Kier alpha value is -1.26. The molecule has 1 saturated carbocycles. The maximum atomic E-state index is 6.10. The highest BCUT2D eigenvalue weighted by Crippen LogP contribution is 2.33. The largest absolute Gasteiger partial charge is 0.493 e. The van der Waals surface area contributed by atoms with E-state index in [0.717, 1.165) is 36.8 Å². The first-order valence-corrected chi connectivity index (χ1v) is 7.83. The number of benzene rings is 1. The summed E-state index contributed by atoms with van der Waals surface area (Å²) in [5.41, 5.74) is 1.14. The van der Waals surface area contributed by atoms with Gasteiger partial charge in [0.1, 0.15) is 0 Å². The number of ether oxygens (including phenoxy) is 3. The van der Waals surface area contributed by atoms with Gasteiger partial charge in [0.05, 0.1) is 20.3 Å². The van der Waals surface area contributed by atoms with Crippen LogP contribution in [0.25, 0.3) is 0 Å². The molecule has 0 saturated heterocycles. The topological polar surface area (TPSA) is 39.7 Å². The Morgan fingerprint density at radius 1 is 1.19 bits per heavy atom. The van der Waals surface area contributed by atoms with Crippen molar-refractivity contribution in [3.8, 4) is 11.5 Å². The van der Waals surface area contributed by atoms with Gasteiger partial charge in [-0.25, -0.2) is 0 Å². The molecule has 0 amide bonds. The van der Waals surface area contributed by atoms with Crippen molar-refractivity contribution in [3.05, 3.63) is 23.8 Å². The third-order valence-electron chi connectivity index (χ3n) is 4.02. The molecule has 1 N–H and O–H groups in total. The smallest absolute Gasteiger partial charge is 0.165 e. The molecule has 0 atom stereocenters. The van der Waals surface area contributed by atoms with Crippen molar-refractivity contribution in [3.63, 3.8) is 0 Å². The van der Waals surface area contributed by atoms with Crippen LogP contribution in [0.2, 0.25) is 0 Å². The number of hydrogen-bond acceptors (Lipinski definition) is 4. The third-order valence-corrected chi connectivity index (χ3v) is 4.02. The van der Waals surface area contributed by atoms with Crippen LogP contribution in [0.4, 0.5) is 0 Å². The van der Waals surface area contributed by atoms with Crippen molar-refractivity contribution in [1.82, 2.24) is 5.32 Å². The molecule has 1 aliphatic carbocycles. The molecule has 4 heteroatoms. The van der Waals surface area contributed by atoms with Gasteiger partial charge in [0.15, 0.2) is 11.5 Å². The van der Waals surface area contributed by atoms with Crippen molar-refractivity contribution in [2.45, 2.75) is 32.2 Å². The zero-order chi connectivity index (χ0) is 14.9. The molecule has 1 aromatic rings. The fraction of sp³-hybridized carbons (Fsp3) is 0.647. The van der Waals surface area contributed by atoms with Gasteiger partial charge in [-0.2, -0.15) is 0 Å². The number of rotatable bonds is 9. The lowest BCUT2D eigenvalue weighted by Crippen LogP contribution is -2.19. The molecule has 1 aliphatic rings. The van der Waals surface area contributed by atoms with Crippen LogP contribution >= 0.6 is 0 Å². The lowest BCUT2D eigenvalue weighted by Gasteiger charge is -2.17. The van der Waals surface area contributed by atoms with Crippen molar-refractivity contribution in [1.29, 1.82) is 0 Å². The van der Waals surface area contributed by atoms with Crippen molar-refractivity contribution in [2.75, 3.05) is 34.0 Å². The van der Waals surface area contributed by atoms with Crippen molar-refractivity contribution < 1.29 is 14.2 Å². The standard InChI is InChI=1S/C17H27NO3/c1-19-11-10-18-12-15-8-5-9-16(20-2)17(15)21-13-14-6-3-4-7-14/h5,8-9,14,18H,3-4,6-7,10-13H2,1-2H3. The Labute approximate surface area is 127 Å². The highest BCUT2D eigenvalue weighted by Gasteiger charge is 2.18. The fourth-order valence-electron chi connectivity index (χ4n) is 2.80. The van der Waals surface area contributed by atoms with E-state index in [9.17, 15) is 0 Å². The van der Waals surface area contributed by atoms with Crippen LogP contribution in [0, 0.1) is 5.92 Å². The Bertz CT molecular complexity index is 416. The van der Waals surface area contributed by atoms with E-state index < -0.39 is 0 Å². The van der Waals surface area contributed by atoms with Crippen LogP contribution in [0.1, 0.15) is 31.2 Å². The molecule has 0 heterocycles. The van der Waals surface area contributed by atoms with E-state index in [1.807, 2.05) is 12.1 Å². The molecule has 2 rings (SSSR count). The van der Waals surface area contributed by atoms with E-state index in [4.69, 9.17) is 14.2 Å². The number of para-hydroxylation sites is 1. The Morgan fingerprint density at radius 3 is 2.71 bits per heavy atom. The predicted molar refractivity (Wildman–Crippen MR) is 84.0 cm³/mol. The highest BCUT2D eigenvalue weighted by atomic mass is 16.5. The average molecular weight is 293 g/mol. The highest BCUT2D eigenvalue weighted by molar-refractivity contribution is 5.46. The lowest BCUT2D eigenvalue weighted by molar-refractivity contribution is 0.198. The zero-order valence-corrected chi connectivity index (χ0v) is 13.2. The van der Waals surface area contributed by atoms with Gasteiger partial charge in [-0.1, -0.05) is 25.0 Å². The molecule has 0 radical (unpaired) electrons. The molecule has 118 valence electrons. The van der Waals surface area contributed by atoms with Crippen molar-refractivity contribution in [2.24, 2.45) is 5.92 Å². The predicted octanol–water partition coefficient (Wildman–Crippen LogP) is 3.00. The van der Waals surface area contributed by atoms with Gasteiger partial charge in [0.25, 0.3) is 0 Å². The second kappa shape index (κ2) is 8.90. The number of nitrogens with one attached hydrogen (secondary N) is 1. The van der Waals surface area contributed by atoms with E-state index in [2.05, 4.69) is 11.4 Å². The van der Waals surface area contributed by atoms with Gasteiger partial charge >= 0.3 is 0 Å². The summed E-state index contributed by atoms with van der Waals surface area (Å²) >= 11 is 0. The van der Waals surface area contributed by atoms with Crippen LogP contribution in [-0.4, -0.2) is 34.0 Å². The Balaban J connectivity index is 1.97. The molecule has 1 aromatic carbocycles. The monoisotopic (exact) mass is 293 g/mol. The molecule has 0 unspecified atom stereocenters. The van der Waals surface area contributed by atoms with E-state index >= 15 is 0 Å². The first-order valence-electron chi connectivity index (χ1n) is 7.83. The summed E-state index contributed by atoms with van der Waals surface area (Å²) in [5.74, 6) is 2.40. The molecule has 0 bridgehead atoms. The fourth-order valence-corrected chi connectivity index (χ4v) is 2.80. The zero-order valence-electron chi connectivity index (χ0n) is 13.2. The van der Waals surface area contributed by atoms with Crippen molar-refractivity contribution >= 4 is 0 Å². The van der Waals surface area contributed by atoms with Crippen LogP contribution < -0.4 is 14.8 Å². The molecule has 0 spiro atoms. The molecule has 0 aliphatic heterocycles. The normalized spacial score (nSPS) is 15.3. The van der Waals surface area contributed by atoms with E-state index in [1.165, 1.54) is 25.7 Å². The number of methoxy groups -OCH3 is 2. The number of hydrogen-bond donors (Lipinski definition) is 1. The summed E-state index contributed by atoms with van der Waals surface area (Å²) in [6, 6.07) is 6.06. The lowest BCUT2D eigenvalue weighted by atomic mass is 10.1.